The summed E-state index contributed by atoms with van der Waals surface area (Å²) in [5, 5.41) is 5.37. The summed E-state index contributed by atoms with van der Waals surface area (Å²) in [5.41, 5.74) is 0.908. The Bertz CT molecular complexity index is 1260. The quantitative estimate of drug-likeness (QED) is 0.480. The average Bonchev–Trinajstić information content (AvgIpc) is 3.37. The number of rotatable bonds is 6. The zero-order valence-corrected chi connectivity index (χ0v) is 16.7. The number of benzene rings is 2. The zero-order valence-electron chi connectivity index (χ0n) is 15.1. The molecule has 4 aromatic rings. The van der Waals surface area contributed by atoms with E-state index >= 15 is 0 Å². The van der Waals surface area contributed by atoms with E-state index in [4.69, 9.17) is 9.15 Å². The van der Waals surface area contributed by atoms with E-state index in [0.29, 0.717) is 17.0 Å². The largest absolute Gasteiger partial charge is 0.493 e. The lowest BCUT2D eigenvalue weighted by Crippen LogP contribution is -2.13. The first-order chi connectivity index (χ1) is 14.0. The minimum atomic E-state index is -3.75. The Labute approximate surface area is 170 Å². The molecule has 0 radical (unpaired) electrons. The van der Waals surface area contributed by atoms with Crippen molar-refractivity contribution in [3.05, 3.63) is 65.9 Å². The monoisotopic (exact) mass is 429 g/mol. The Morgan fingerprint density at radius 3 is 2.66 bits per heavy atom. The molecule has 2 aromatic heterocycles. The standard InChI is InChI=1S/C19H15N3O5S2/c1-26-15-4-2-3-12-11-16(27-17(12)15)18(23)21-13-5-7-14(8-6-13)29(24,25)22-19-20-9-10-28-19/h2-11H,1H3,(H,20,22)(H,21,23). The number of methoxy groups -OCH3 is 1. The molecule has 0 aliphatic rings. The van der Waals surface area contributed by atoms with E-state index in [1.54, 1.807) is 23.6 Å². The lowest BCUT2D eigenvalue weighted by atomic mass is 10.2. The van der Waals surface area contributed by atoms with Gasteiger partial charge < -0.3 is 14.5 Å². The van der Waals surface area contributed by atoms with Gasteiger partial charge in [0.2, 0.25) is 0 Å². The Hall–Kier alpha value is -3.37. The third kappa shape index (κ3) is 3.93. The van der Waals surface area contributed by atoms with Crippen LogP contribution in [0.15, 0.2) is 69.4 Å². The van der Waals surface area contributed by atoms with Gasteiger partial charge in [-0.25, -0.2) is 13.4 Å². The van der Waals surface area contributed by atoms with Crippen LogP contribution >= 0.6 is 11.3 Å². The average molecular weight is 429 g/mol. The molecule has 2 N–H and O–H groups in total. The fourth-order valence-corrected chi connectivity index (χ4v) is 4.46. The molecule has 0 atom stereocenters. The fourth-order valence-electron chi connectivity index (χ4n) is 2.67. The van der Waals surface area contributed by atoms with Crippen LogP contribution in [0.2, 0.25) is 0 Å². The molecule has 0 fully saturated rings. The molecular formula is C19H15N3O5S2. The van der Waals surface area contributed by atoms with Crippen molar-refractivity contribution in [1.29, 1.82) is 0 Å². The molecule has 8 nitrogen and oxygen atoms in total. The lowest BCUT2D eigenvalue weighted by Gasteiger charge is -2.07. The minimum absolute atomic E-state index is 0.0548. The third-order valence-corrected chi connectivity index (χ3v) is 6.20. The number of carbonyl (C=O) groups is 1. The summed E-state index contributed by atoms with van der Waals surface area (Å²) in [6.07, 6.45) is 1.51. The number of nitrogens with zero attached hydrogens (tertiary/aromatic N) is 1. The van der Waals surface area contributed by atoms with Gasteiger partial charge in [0.05, 0.1) is 12.0 Å². The molecule has 148 valence electrons. The number of sulfonamides is 1. The van der Waals surface area contributed by atoms with E-state index in [-0.39, 0.29) is 15.8 Å². The molecule has 1 amide bonds. The fraction of sp³-hybridized carbons (Fsp3) is 0.0526. The highest BCUT2D eigenvalue weighted by Crippen LogP contribution is 2.29. The summed E-state index contributed by atoms with van der Waals surface area (Å²) >= 11 is 1.18. The zero-order chi connectivity index (χ0) is 20.4. The number of nitrogens with one attached hydrogen (secondary N) is 2. The highest BCUT2D eigenvalue weighted by Gasteiger charge is 2.17. The highest BCUT2D eigenvalue weighted by atomic mass is 32.2. The molecule has 2 aromatic carbocycles. The number of furan rings is 1. The van der Waals surface area contributed by atoms with Crippen molar-refractivity contribution in [3.8, 4) is 5.75 Å². The number of ether oxygens (including phenoxy) is 1. The number of hydrogen-bond donors (Lipinski definition) is 2. The van der Waals surface area contributed by atoms with Gasteiger partial charge in [0.15, 0.2) is 22.2 Å². The second-order valence-corrected chi connectivity index (χ2v) is 8.49. The topological polar surface area (TPSA) is 111 Å². The first kappa shape index (κ1) is 19.0. The van der Waals surface area contributed by atoms with E-state index in [1.165, 1.54) is 48.9 Å². The Balaban J connectivity index is 1.51. The number of anilines is 2. The Kier molecular flexibility index (Phi) is 4.95. The number of hydrogen-bond acceptors (Lipinski definition) is 7. The third-order valence-electron chi connectivity index (χ3n) is 4.03. The van der Waals surface area contributed by atoms with E-state index < -0.39 is 15.9 Å². The van der Waals surface area contributed by atoms with Crippen LogP contribution in [-0.4, -0.2) is 26.4 Å². The van der Waals surface area contributed by atoms with Gasteiger partial charge in [-0.2, -0.15) is 0 Å². The predicted octanol–water partition coefficient (Wildman–Crippen LogP) is 3.95. The van der Waals surface area contributed by atoms with Crippen molar-refractivity contribution in [2.45, 2.75) is 4.90 Å². The number of amides is 1. The summed E-state index contributed by atoms with van der Waals surface area (Å²) < 4.78 is 37.9. The number of fused-ring (bicyclic) bond motifs is 1. The van der Waals surface area contributed by atoms with Crippen LogP contribution in [0.5, 0.6) is 5.75 Å². The van der Waals surface area contributed by atoms with Crippen molar-refractivity contribution in [2.75, 3.05) is 17.1 Å². The van der Waals surface area contributed by atoms with Crippen molar-refractivity contribution >= 4 is 49.1 Å². The maximum Gasteiger partial charge on any atom is 0.291 e. The molecule has 0 aliphatic carbocycles. The van der Waals surface area contributed by atoms with Crippen LogP contribution in [0, 0.1) is 0 Å². The van der Waals surface area contributed by atoms with Gasteiger partial charge in [-0.05, 0) is 36.4 Å². The van der Waals surface area contributed by atoms with Gasteiger partial charge in [0, 0.05) is 22.7 Å². The predicted molar refractivity (Wildman–Crippen MR) is 110 cm³/mol. The van der Waals surface area contributed by atoms with E-state index in [1.807, 2.05) is 6.07 Å². The van der Waals surface area contributed by atoms with Gasteiger partial charge in [0.25, 0.3) is 15.9 Å². The molecule has 0 spiro atoms. The van der Waals surface area contributed by atoms with E-state index in [9.17, 15) is 13.2 Å². The highest BCUT2D eigenvalue weighted by molar-refractivity contribution is 7.93. The van der Waals surface area contributed by atoms with Crippen LogP contribution in [0.4, 0.5) is 10.8 Å². The first-order valence-corrected chi connectivity index (χ1v) is 10.7. The Morgan fingerprint density at radius 2 is 1.97 bits per heavy atom. The summed E-state index contributed by atoms with van der Waals surface area (Å²) in [4.78, 5) is 16.4. The summed E-state index contributed by atoms with van der Waals surface area (Å²) in [6, 6.07) is 12.8. The minimum Gasteiger partial charge on any atom is -0.493 e. The summed E-state index contributed by atoms with van der Waals surface area (Å²) in [7, 11) is -2.23. The SMILES string of the molecule is COc1cccc2cc(C(=O)Nc3ccc(S(=O)(=O)Nc4nccs4)cc3)oc12. The van der Waals surface area contributed by atoms with Crippen molar-refractivity contribution in [3.63, 3.8) is 0 Å². The van der Waals surface area contributed by atoms with Gasteiger partial charge in [0.1, 0.15) is 0 Å². The number of para-hydroxylation sites is 1. The Morgan fingerprint density at radius 1 is 1.17 bits per heavy atom. The summed E-state index contributed by atoms with van der Waals surface area (Å²) in [5.74, 6) is 0.190. The van der Waals surface area contributed by atoms with E-state index in [2.05, 4.69) is 15.0 Å². The summed E-state index contributed by atoms with van der Waals surface area (Å²) in [6.45, 7) is 0. The van der Waals surface area contributed by atoms with Crippen LogP contribution < -0.4 is 14.8 Å². The van der Waals surface area contributed by atoms with Crippen LogP contribution in [-0.2, 0) is 10.0 Å². The van der Waals surface area contributed by atoms with Crippen LogP contribution in [0.3, 0.4) is 0 Å². The van der Waals surface area contributed by atoms with E-state index in [0.717, 1.165) is 5.39 Å². The number of aromatic nitrogens is 1. The number of carbonyl (C=O) groups excluding carboxylic acids is 1. The first-order valence-electron chi connectivity index (χ1n) is 8.36. The van der Waals surface area contributed by atoms with Crippen LogP contribution in [0.1, 0.15) is 10.6 Å². The second kappa shape index (κ2) is 7.57. The molecule has 0 saturated heterocycles. The van der Waals surface area contributed by atoms with Gasteiger partial charge >= 0.3 is 0 Å². The molecule has 10 heteroatoms. The molecule has 29 heavy (non-hydrogen) atoms. The van der Waals surface area contributed by atoms with Gasteiger partial charge in [-0.3, -0.25) is 9.52 Å². The molecule has 2 heterocycles. The van der Waals surface area contributed by atoms with Crippen molar-refractivity contribution in [2.24, 2.45) is 0 Å². The van der Waals surface area contributed by atoms with Crippen molar-refractivity contribution < 1.29 is 22.4 Å². The maximum absolute atomic E-state index is 12.5. The molecule has 4 rings (SSSR count). The van der Waals surface area contributed by atoms with Gasteiger partial charge in [-0.15, -0.1) is 11.3 Å². The normalized spacial score (nSPS) is 11.3. The lowest BCUT2D eigenvalue weighted by molar-refractivity contribution is 0.0998. The van der Waals surface area contributed by atoms with Crippen LogP contribution in [0.25, 0.3) is 11.0 Å². The molecular weight excluding hydrogens is 414 g/mol. The molecule has 0 bridgehead atoms. The molecule has 0 saturated carbocycles. The maximum atomic E-state index is 12.5. The second-order valence-electron chi connectivity index (χ2n) is 5.91. The number of thiazole rings is 1. The van der Waals surface area contributed by atoms with Gasteiger partial charge in [-0.1, -0.05) is 12.1 Å². The molecule has 0 unspecified atom stereocenters. The van der Waals surface area contributed by atoms with Crippen molar-refractivity contribution in [1.82, 2.24) is 4.98 Å². The smallest absolute Gasteiger partial charge is 0.291 e. The molecule has 0 aliphatic heterocycles.